The summed E-state index contributed by atoms with van der Waals surface area (Å²) in [6, 6.07) is 6.73. The third-order valence-electron chi connectivity index (χ3n) is 2.22. The Hall–Kier alpha value is -2.15. The third kappa shape index (κ3) is 3.65. The van der Waals surface area contributed by atoms with Gasteiger partial charge in [0.05, 0.1) is 12.3 Å². The van der Waals surface area contributed by atoms with Crippen molar-refractivity contribution in [1.82, 2.24) is 9.97 Å². The molecule has 0 radical (unpaired) electrons. The highest BCUT2D eigenvalue weighted by Gasteiger charge is 2.30. The number of ether oxygens (including phenoxy) is 1. The van der Waals surface area contributed by atoms with Gasteiger partial charge in [0.15, 0.2) is 5.82 Å². The lowest BCUT2D eigenvalue weighted by Crippen LogP contribution is -2.16. The quantitative estimate of drug-likeness (QED) is 0.931. The second-order valence-corrected chi connectivity index (χ2v) is 3.60. The van der Waals surface area contributed by atoms with Gasteiger partial charge in [0, 0.05) is 11.8 Å². The molecular weight excluding hydrogens is 261 g/mol. The number of aliphatic hydroxyl groups is 1. The molecule has 0 aliphatic rings. The summed E-state index contributed by atoms with van der Waals surface area (Å²) in [6.45, 7) is -0.231. The molecule has 19 heavy (non-hydrogen) atoms. The standard InChI is InChI=1S/C12H9F3N2O2/c13-12(14,15)19-10-3-1-8(2-4-10)11-16-6-5-9(7-18)17-11/h1-6,18H,7H2. The van der Waals surface area contributed by atoms with Crippen LogP contribution in [0.2, 0.25) is 0 Å². The van der Waals surface area contributed by atoms with Gasteiger partial charge in [-0.25, -0.2) is 9.97 Å². The number of benzene rings is 1. The van der Waals surface area contributed by atoms with Crippen LogP contribution >= 0.6 is 0 Å². The molecule has 0 unspecified atom stereocenters. The first-order chi connectivity index (χ1) is 8.98. The number of nitrogens with zero attached hydrogens (tertiary/aromatic N) is 2. The van der Waals surface area contributed by atoms with E-state index < -0.39 is 6.36 Å². The van der Waals surface area contributed by atoms with Crippen molar-refractivity contribution in [1.29, 1.82) is 0 Å². The van der Waals surface area contributed by atoms with Crippen molar-refractivity contribution < 1.29 is 23.0 Å². The van der Waals surface area contributed by atoms with Crippen LogP contribution in [-0.4, -0.2) is 21.4 Å². The lowest BCUT2D eigenvalue weighted by molar-refractivity contribution is -0.274. The molecule has 4 nitrogen and oxygen atoms in total. The van der Waals surface area contributed by atoms with Crippen LogP contribution < -0.4 is 4.74 Å². The van der Waals surface area contributed by atoms with E-state index in [2.05, 4.69) is 14.7 Å². The van der Waals surface area contributed by atoms with Crippen LogP contribution in [0.15, 0.2) is 36.5 Å². The highest BCUT2D eigenvalue weighted by molar-refractivity contribution is 5.56. The van der Waals surface area contributed by atoms with E-state index in [9.17, 15) is 13.2 Å². The fraction of sp³-hybridized carbons (Fsp3) is 0.167. The molecule has 0 saturated heterocycles. The van der Waals surface area contributed by atoms with Gasteiger partial charge in [-0.05, 0) is 30.3 Å². The fourth-order valence-electron chi connectivity index (χ4n) is 1.43. The normalized spacial score (nSPS) is 11.4. The highest BCUT2D eigenvalue weighted by Crippen LogP contribution is 2.25. The Morgan fingerprint density at radius 1 is 1.11 bits per heavy atom. The van der Waals surface area contributed by atoms with Gasteiger partial charge in [0.1, 0.15) is 5.75 Å². The Labute approximate surface area is 106 Å². The Morgan fingerprint density at radius 2 is 1.79 bits per heavy atom. The average molecular weight is 270 g/mol. The predicted octanol–water partition coefficient (Wildman–Crippen LogP) is 2.53. The van der Waals surface area contributed by atoms with Crippen LogP contribution in [0.4, 0.5) is 13.2 Å². The van der Waals surface area contributed by atoms with Crippen LogP contribution in [0, 0.1) is 0 Å². The Balaban J connectivity index is 2.22. The van der Waals surface area contributed by atoms with Gasteiger partial charge >= 0.3 is 6.36 Å². The van der Waals surface area contributed by atoms with Crippen molar-refractivity contribution in [3.05, 3.63) is 42.2 Å². The molecule has 0 bridgehead atoms. The average Bonchev–Trinajstić information content (AvgIpc) is 2.38. The van der Waals surface area contributed by atoms with E-state index in [1.165, 1.54) is 30.5 Å². The molecule has 1 aromatic heterocycles. The number of aliphatic hydroxyl groups excluding tert-OH is 1. The predicted molar refractivity (Wildman–Crippen MR) is 60.1 cm³/mol. The monoisotopic (exact) mass is 270 g/mol. The van der Waals surface area contributed by atoms with E-state index >= 15 is 0 Å². The van der Waals surface area contributed by atoms with Crippen LogP contribution in [0.5, 0.6) is 5.75 Å². The zero-order valence-electron chi connectivity index (χ0n) is 9.55. The summed E-state index contributed by atoms with van der Waals surface area (Å²) in [5, 5.41) is 8.95. The van der Waals surface area contributed by atoms with Crippen LogP contribution in [0.3, 0.4) is 0 Å². The molecule has 2 rings (SSSR count). The fourth-order valence-corrected chi connectivity index (χ4v) is 1.43. The summed E-state index contributed by atoms with van der Waals surface area (Å²) in [5.41, 5.74) is 0.963. The summed E-state index contributed by atoms with van der Waals surface area (Å²) in [6.07, 6.45) is -3.25. The number of rotatable bonds is 3. The molecule has 1 heterocycles. The minimum atomic E-state index is -4.71. The number of hydrogen-bond acceptors (Lipinski definition) is 4. The van der Waals surface area contributed by atoms with E-state index in [0.29, 0.717) is 17.1 Å². The molecule has 0 atom stereocenters. The topological polar surface area (TPSA) is 55.2 Å². The van der Waals surface area contributed by atoms with E-state index in [4.69, 9.17) is 5.11 Å². The Morgan fingerprint density at radius 3 is 2.37 bits per heavy atom. The second kappa shape index (κ2) is 5.23. The molecule has 0 amide bonds. The molecule has 0 fully saturated rings. The van der Waals surface area contributed by atoms with Crippen molar-refractivity contribution in [3.8, 4) is 17.1 Å². The molecule has 0 spiro atoms. The molecule has 7 heteroatoms. The summed E-state index contributed by atoms with van der Waals surface area (Å²) in [5.74, 6) is 0.0136. The first-order valence-corrected chi connectivity index (χ1v) is 5.27. The van der Waals surface area contributed by atoms with Crippen molar-refractivity contribution >= 4 is 0 Å². The van der Waals surface area contributed by atoms with Crippen LogP contribution in [0.25, 0.3) is 11.4 Å². The van der Waals surface area contributed by atoms with E-state index in [1.54, 1.807) is 6.07 Å². The number of alkyl halides is 3. The van der Waals surface area contributed by atoms with Crippen molar-refractivity contribution in [2.45, 2.75) is 13.0 Å². The van der Waals surface area contributed by atoms with Crippen LogP contribution in [-0.2, 0) is 6.61 Å². The van der Waals surface area contributed by atoms with E-state index in [1.807, 2.05) is 0 Å². The lowest BCUT2D eigenvalue weighted by atomic mass is 10.2. The molecule has 0 saturated carbocycles. The summed E-state index contributed by atoms with van der Waals surface area (Å²) in [4.78, 5) is 8.02. The molecular formula is C12H9F3N2O2. The maximum absolute atomic E-state index is 12.0. The first kappa shape index (κ1) is 13.3. The van der Waals surface area contributed by atoms with Crippen molar-refractivity contribution in [2.24, 2.45) is 0 Å². The SMILES string of the molecule is OCc1ccnc(-c2ccc(OC(F)(F)F)cc2)n1. The molecule has 1 N–H and O–H groups in total. The zero-order valence-corrected chi connectivity index (χ0v) is 9.55. The first-order valence-electron chi connectivity index (χ1n) is 5.27. The third-order valence-corrected chi connectivity index (χ3v) is 2.22. The smallest absolute Gasteiger partial charge is 0.406 e. The minimum Gasteiger partial charge on any atom is -0.406 e. The van der Waals surface area contributed by atoms with Crippen molar-refractivity contribution in [3.63, 3.8) is 0 Å². The molecule has 0 aliphatic heterocycles. The van der Waals surface area contributed by atoms with Gasteiger partial charge < -0.3 is 9.84 Å². The Kier molecular flexibility index (Phi) is 3.66. The highest BCUT2D eigenvalue weighted by atomic mass is 19.4. The van der Waals surface area contributed by atoms with Gasteiger partial charge in [0.2, 0.25) is 0 Å². The van der Waals surface area contributed by atoms with Gasteiger partial charge in [0.25, 0.3) is 0 Å². The Bertz CT molecular complexity index is 556. The van der Waals surface area contributed by atoms with Gasteiger partial charge in [-0.2, -0.15) is 0 Å². The second-order valence-electron chi connectivity index (χ2n) is 3.60. The number of aromatic nitrogens is 2. The summed E-state index contributed by atoms with van der Waals surface area (Å²) < 4.78 is 39.7. The van der Waals surface area contributed by atoms with Gasteiger partial charge in [-0.1, -0.05) is 0 Å². The molecule has 2 aromatic rings. The van der Waals surface area contributed by atoms with E-state index in [-0.39, 0.29) is 12.4 Å². The lowest BCUT2D eigenvalue weighted by Gasteiger charge is -2.09. The largest absolute Gasteiger partial charge is 0.573 e. The van der Waals surface area contributed by atoms with Crippen molar-refractivity contribution in [2.75, 3.05) is 0 Å². The molecule has 1 aromatic carbocycles. The maximum Gasteiger partial charge on any atom is 0.573 e. The maximum atomic E-state index is 12.0. The number of halogens is 3. The molecule has 100 valence electrons. The summed E-state index contributed by atoms with van der Waals surface area (Å²) >= 11 is 0. The van der Waals surface area contributed by atoms with Crippen LogP contribution in [0.1, 0.15) is 5.69 Å². The van der Waals surface area contributed by atoms with E-state index in [0.717, 1.165) is 0 Å². The van der Waals surface area contributed by atoms with Gasteiger partial charge in [-0.15, -0.1) is 13.2 Å². The number of hydrogen-bond donors (Lipinski definition) is 1. The summed E-state index contributed by atoms with van der Waals surface area (Å²) in [7, 11) is 0. The minimum absolute atomic E-state index is 0.231. The molecule has 0 aliphatic carbocycles. The van der Waals surface area contributed by atoms with Gasteiger partial charge in [-0.3, -0.25) is 0 Å². The zero-order chi connectivity index (χ0) is 13.9.